The molecule has 1 aromatic rings. The van der Waals surface area contributed by atoms with Gasteiger partial charge in [0.1, 0.15) is 0 Å². The summed E-state index contributed by atoms with van der Waals surface area (Å²) in [7, 11) is 0. The molecule has 0 spiro atoms. The molecule has 5 heteroatoms. The van der Waals surface area contributed by atoms with E-state index in [-0.39, 0.29) is 23.6 Å². The molecule has 1 saturated heterocycles. The zero-order valence-corrected chi connectivity index (χ0v) is 11.8. The Morgan fingerprint density at radius 3 is 2.65 bits per heavy atom. The van der Waals surface area contributed by atoms with Crippen LogP contribution in [0.3, 0.4) is 0 Å². The maximum Gasteiger partial charge on any atom is 0.194 e. The van der Waals surface area contributed by atoms with Crippen LogP contribution in [-0.4, -0.2) is 19.3 Å². The lowest BCUT2D eigenvalue weighted by molar-refractivity contribution is 0.116. The molecule has 0 aliphatic carbocycles. The molecule has 1 aromatic carbocycles. The van der Waals surface area contributed by atoms with Crippen LogP contribution < -0.4 is 5.32 Å². The number of hydrogen-bond acceptors (Lipinski definition) is 2. The zero-order valence-electron chi connectivity index (χ0n) is 11.8. The highest BCUT2D eigenvalue weighted by Crippen LogP contribution is 2.33. The van der Waals surface area contributed by atoms with Gasteiger partial charge in [0, 0.05) is 17.5 Å². The third-order valence-corrected chi connectivity index (χ3v) is 3.72. The molecule has 20 heavy (non-hydrogen) atoms. The fourth-order valence-corrected chi connectivity index (χ4v) is 2.69. The second kappa shape index (κ2) is 6.59. The molecule has 1 aliphatic rings. The molecule has 3 atom stereocenters. The van der Waals surface area contributed by atoms with Gasteiger partial charge >= 0.3 is 0 Å². The third-order valence-electron chi connectivity index (χ3n) is 3.72. The average Bonchev–Trinajstić information content (AvgIpc) is 2.85. The van der Waals surface area contributed by atoms with Crippen molar-refractivity contribution in [1.29, 1.82) is 0 Å². The summed E-state index contributed by atoms with van der Waals surface area (Å²) in [6.45, 7) is 5.15. The topological polar surface area (TPSA) is 21.3 Å². The zero-order chi connectivity index (χ0) is 14.7. The number of ether oxygens (including phenoxy) is 1. The molecule has 2 nitrogen and oxygen atoms in total. The summed E-state index contributed by atoms with van der Waals surface area (Å²) in [5.41, 5.74) is 0.181. The van der Waals surface area contributed by atoms with Crippen molar-refractivity contribution in [2.75, 3.05) is 13.2 Å². The number of halogens is 3. The van der Waals surface area contributed by atoms with Gasteiger partial charge < -0.3 is 10.1 Å². The van der Waals surface area contributed by atoms with Crippen molar-refractivity contribution in [3.63, 3.8) is 0 Å². The number of nitrogens with one attached hydrogen (secondary N) is 1. The molecule has 0 saturated carbocycles. The Kier molecular flexibility index (Phi) is 5.05. The average molecular weight is 287 g/mol. The van der Waals surface area contributed by atoms with Crippen LogP contribution in [-0.2, 0) is 4.74 Å². The lowest BCUT2D eigenvalue weighted by Gasteiger charge is -2.25. The Bertz CT molecular complexity index is 467. The maximum atomic E-state index is 14.0. The number of benzene rings is 1. The summed E-state index contributed by atoms with van der Waals surface area (Å²) < 4.78 is 46.0. The Balaban J connectivity index is 2.28. The van der Waals surface area contributed by atoms with E-state index in [1.807, 2.05) is 13.8 Å². The van der Waals surface area contributed by atoms with E-state index < -0.39 is 17.5 Å². The van der Waals surface area contributed by atoms with Crippen molar-refractivity contribution in [2.24, 2.45) is 5.92 Å². The standard InChI is InChI=1S/C15H20F3NO/c1-3-6-19-15(10-7-9(2)20-8-10)11-4-5-12(16)14(18)13(11)17/h4-5,9-10,15,19H,3,6-8H2,1-2H3. The molecule has 0 radical (unpaired) electrons. The molecule has 0 bridgehead atoms. The lowest BCUT2D eigenvalue weighted by Crippen LogP contribution is -2.30. The summed E-state index contributed by atoms with van der Waals surface area (Å²) >= 11 is 0. The van der Waals surface area contributed by atoms with Crippen molar-refractivity contribution in [3.05, 3.63) is 35.1 Å². The molecule has 2 rings (SSSR count). The van der Waals surface area contributed by atoms with Gasteiger partial charge in [0.2, 0.25) is 0 Å². The van der Waals surface area contributed by atoms with Crippen LogP contribution in [0.25, 0.3) is 0 Å². The van der Waals surface area contributed by atoms with E-state index in [0.29, 0.717) is 13.2 Å². The minimum Gasteiger partial charge on any atom is -0.378 e. The summed E-state index contributed by atoms with van der Waals surface area (Å²) in [6, 6.07) is 1.95. The first-order valence-corrected chi connectivity index (χ1v) is 7.03. The van der Waals surface area contributed by atoms with Crippen LogP contribution in [0.5, 0.6) is 0 Å². The van der Waals surface area contributed by atoms with Gasteiger partial charge in [-0.15, -0.1) is 0 Å². The molecule has 1 heterocycles. The van der Waals surface area contributed by atoms with Crippen molar-refractivity contribution in [2.45, 2.75) is 38.8 Å². The highest BCUT2D eigenvalue weighted by Gasteiger charge is 2.32. The Morgan fingerprint density at radius 2 is 2.05 bits per heavy atom. The SMILES string of the molecule is CCCNC(c1ccc(F)c(F)c1F)C1COC(C)C1. The van der Waals surface area contributed by atoms with Crippen LogP contribution in [0.2, 0.25) is 0 Å². The van der Waals surface area contributed by atoms with Gasteiger partial charge in [-0.05, 0) is 32.4 Å². The van der Waals surface area contributed by atoms with E-state index in [4.69, 9.17) is 4.74 Å². The predicted molar refractivity (Wildman–Crippen MR) is 70.9 cm³/mol. The summed E-state index contributed by atoms with van der Waals surface area (Å²) in [4.78, 5) is 0. The lowest BCUT2D eigenvalue weighted by atomic mass is 9.90. The van der Waals surface area contributed by atoms with E-state index in [0.717, 1.165) is 18.9 Å². The summed E-state index contributed by atoms with van der Waals surface area (Å²) in [5, 5.41) is 3.23. The number of hydrogen-bond donors (Lipinski definition) is 1. The van der Waals surface area contributed by atoms with Crippen molar-refractivity contribution >= 4 is 0 Å². The van der Waals surface area contributed by atoms with Crippen LogP contribution in [0.4, 0.5) is 13.2 Å². The van der Waals surface area contributed by atoms with Gasteiger partial charge in [-0.25, -0.2) is 13.2 Å². The van der Waals surface area contributed by atoms with Crippen LogP contribution in [0, 0.1) is 23.4 Å². The van der Waals surface area contributed by atoms with Gasteiger partial charge in [-0.2, -0.15) is 0 Å². The fraction of sp³-hybridized carbons (Fsp3) is 0.600. The molecule has 1 aliphatic heterocycles. The molecule has 1 fully saturated rings. The van der Waals surface area contributed by atoms with E-state index in [1.165, 1.54) is 6.07 Å². The quantitative estimate of drug-likeness (QED) is 0.836. The molecular formula is C15H20F3NO. The molecular weight excluding hydrogens is 267 g/mol. The normalized spacial score (nSPS) is 24.1. The Hall–Kier alpha value is -1.07. The van der Waals surface area contributed by atoms with E-state index in [1.54, 1.807) is 0 Å². The number of rotatable bonds is 5. The largest absolute Gasteiger partial charge is 0.378 e. The van der Waals surface area contributed by atoms with Gasteiger partial charge in [-0.3, -0.25) is 0 Å². The van der Waals surface area contributed by atoms with Crippen LogP contribution >= 0.6 is 0 Å². The molecule has 0 amide bonds. The molecule has 1 N–H and O–H groups in total. The monoisotopic (exact) mass is 287 g/mol. The first kappa shape index (κ1) is 15.3. The Labute approximate surface area is 117 Å². The van der Waals surface area contributed by atoms with Gasteiger partial charge in [0.15, 0.2) is 17.5 Å². The van der Waals surface area contributed by atoms with E-state index >= 15 is 0 Å². The van der Waals surface area contributed by atoms with E-state index in [9.17, 15) is 13.2 Å². The molecule has 112 valence electrons. The highest BCUT2D eigenvalue weighted by molar-refractivity contribution is 5.24. The minimum absolute atomic E-state index is 0.0657. The van der Waals surface area contributed by atoms with Crippen LogP contribution in [0.1, 0.15) is 38.3 Å². The fourth-order valence-electron chi connectivity index (χ4n) is 2.69. The second-order valence-corrected chi connectivity index (χ2v) is 5.34. The maximum absolute atomic E-state index is 14.0. The highest BCUT2D eigenvalue weighted by atomic mass is 19.2. The Morgan fingerprint density at radius 1 is 1.30 bits per heavy atom. The van der Waals surface area contributed by atoms with Crippen molar-refractivity contribution in [1.82, 2.24) is 5.32 Å². The van der Waals surface area contributed by atoms with Crippen molar-refractivity contribution in [3.8, 4) is 0 Å². The van der Waals surface area contributed by atoms with Gasteiger partial charge in [-0.1, -0.05) is 13.0 Å². The third kappa shape index (κ3) is 3.15. The smallest absolute Gasteiger partial charge is 0.194 e. The second-order valence-electron chi connectivity index (χ2n) is 5.34. The predicted octanol–water partition coefficient (Wildman–Crippen LogP) is 3.57. The summed E-state index contributed by atoms with van der Waals surface area (Å²) in [6.07, 6.45) is 1.77. The van der Waals surface area contributed by atoms with Gasteiger partial charge in [0.25, 0.3) is 0 Å². The molecule has 0 aromatic heterocycles. The molecule has 3 unspecified atom stereocenters. The van der Waals surface area contributed by atoms with Gasteiger partial charge in [0.05, 0.1) is 12.7 Å². The first-order chi connectivity index (χ1) is 9.54. The van der Waals surface area contributed by atoms with E-state index in [2.05, 4.69) is 5.32 Å². The summed E-state index contributed by atoms with van der Waals surface area (Å²) in [5.74, 6) is -3.59. The van der Waals surface area contributed by atoms with Crippen LogP contribution in [0.15, 0.2) is 12.1 Å². The van der Waals surface area contributed by atoms with Crippen molar-refractivity contribution < 1.29 is 17.9 Å². The minimum atomic E-state index is -1.40. The first-order valence-electron chi connectivity index (χ1n) is 7.03.